The van der Waals surface area contributed by atoms with Gasteiger partial charge in [-0.1, -0.05) is 44.2 Å². The van der Waals surface area contributed by atoms with Crippen LogP contribution in [0.5, 0.6) is 5.75 Å². The lowest BCUT2D eigenvalue weighted by Gasteiger charge is -2.11. The molecule has 0 fully saturated rings. The van der Waals surface area contributed by atoms with Crippen LogP contribution in [-0.2, 0) is 0 Å². The predicted octanol–water partition coefficient (Wildman–Crippen LogP) is 4.25. The number of benzene rings is 2. The topological polar surface area (TPSA) is 50.7 Å². The molecule has 0 radical (unpaired) electrons. The van der Waals surface area contributed by atoms with Gasteiger partial charge in [0.15, 0.2) is 0 Å². The van der Waals surface area contributed by atoms with E-state index >= 15 is 0 Å². The van der Waals surface area contributed by atoms with Crippen LogP contribution in [0.2, 0.25) is 0 Å². The van der Waals surface area contributed by atoms with Crippen LogP contribution in [0.25, 0.3) is 0 Å². The van der Waals surface area contributed by atoms with Gasteiger partial charge >= 0.3 is 0 Å². The molecule has 0 unspecified atom stereocenters. The maximum absolute atomic E-state index is 12.3. The van der Waals surface area contributed by atoms with E-state index in [1.54, 1.807) is 25.3 Å². The van der Waals surface area contributed by atoms with Gasteiger partial charge in [0.1, 0.15) is 5.75 Å². The van der Waals surface area contributed by atoms with Crippen molar-refractivity contribution in [2.45, 2.75) is 13.8 Å². The summed E-state index contributed by atoms with van der Waals surface area (Å²) in [5, 5.41) is 4.31. The number of ether oxygens (including phenoxy) is 1. The minimum atomic E-state index is -0.262. The van der Waals surface area contributed by atoms with Crippen LogP contribution in [0.1, 0.15) is 29.8 Å². The first-order valence-corrected chi connectivity index (χ1v) is 8.09. The Bertz CT molecular complexity index is 712. The fraction of sp³-hybridized carbons (Fsp3) is 0.222. The van der Waals surface area contributed by atoms with E-state index in [1.165, 1.54) is 0 Å². The zero-order chi connectivity index (χ0) is 16.8. The molecule has 4 nitrogen and oxygen atoms in total. The van der Waals surface area contributed by atoms with Gasteiger partial charge in [0.25, 0.3) is 5.91 Å². The molecule has 0 aliphatic carbocycles. The van der Waals surface area contributed by atoms with Crippen LogP contribution in [0.4, 0.5) is 0 Å². The maximum Gasteiger partial charge on any atom is 0.271 e. The molecule has 0 saturated heterocycles. The fourth-order valence-corrected chi connectivity index (χ4v) is 2.66. The Balaban J connectivity index is 2.19. The molecule has 2 aromatic carbocycles. The van der Waals surface area contributed by atoms with Crippen molar-refractivity contribution in [3.63, 3.8) is 0 Å². The Hall–Kier alpha value is -2.14. The van der Waals surface area contributed by atoms with E-state index in [1.807, 2.05) is 44.2 Å². The van der Waals surface area contributed by atoms with Crippen LogP contribution < -0.4 is 10.2 Å². The number of hydrazone groups is 1. The molecule has 0 saturated carbocycles. The number of halogens is 1. The summed E-state index contributed by atoms with van der Waals surface area (Å²) in [7, 11) is 1.58. The SMILES string of the molecule is COc1ccc(C(=O)N/N=C(/c2ccccc2)C(C)C)cc1Br. The third kappa shape index (κ3) is 4.42. The molecule has 0 aromatic heterocycles. The van der Waals surface area contributed by atoms with Crippen LogP contribution >= 0.6 is 15.9 Å². The highest BCUT2D eigenvalue weighted by Crippen LogP contribution is 2.25. The third-order valence-electron chi connectivity index (χ3n) is 3.31. The molecule has 0 spiro atoms. The van der Waals surface area contributed by atoms with E-state index in [2.05, 4.69) is 26.5 Å². The minimum Gasteiger partial charge on any atom is -0.496 e. The van der Waals surface area contributed by atoms with Gasteiger partial charge in [0, 0.05) is 5.56 Å². The highest BCUT2D eigenvalue weighted by molar-refractivity contribution is 9.10. The van der Waals surface area contributed by atoms with Crippen molar-refractivity contribution in [3.05, 3.63) is 64.1 Å². The summed E-state index contributed by atoms with van der Waals surface area (Å²) in [4.78, 5) is 12.3. The lowest BCUT2D eigenvalue weighted by molar-refractivity contribution is 0.0954. The standard InChI is InChI=1S/C18H19BrN2O2/c1-12(2)17(13-7-5-4-6-8-13)20-21-18(22)14-9-10-16(23-3)15(19)11-14/h4-12H,1-3H3,(H,21,22)/b20-17+. The van der Waals surface area contributed by atoms with Crippen LogP contribution in [-0.4, -0.2) is 18.7 Å². The summed E-state index contributed by atoms with van der Waals surface area (Å²) in [5.74, 6) is 0.611. The van der Waals surface area contributed by atoms with Gasteiger partial charge < -0.3 is 4.74 Å². The summed E-state index contributed by atoms with van der Waals surface area (Å²) in [6, 6.07) is 15.0. The Morgan fingerprint density at radius 3 is 2.39 bits per heavy atom. The Labute approximate surface area is 144 Å². The van der Waals surface area contributed by atoms with Gasteiger partial charge in [-0.15, -0.1) is 0 Å². The number of carbonyl (C=O) groups excluding carboxylic acids is 1. The molecule has 0 aliphatic heterocycles. The summed E-state index contributed by atoms with van der Waals surface area (Å²) < 4.78 is 5.89. The van der Waals surface area contributed by atoms with Crippen LogP contribution in [0.3, 0.4) is 0 Å². The van der Waals surface area contributed by atoms with Gasteiger partial charge in [-0.25, -0.2) is 5.43 Å². The van der Waals surface area contributed by atoms with Crippen molar-refractivity contribution in [1.29, 1.82) is 0 Å². The summed E-state index contributed by atoms with van der Waals surface area (Å²) in [6.07, 6.45) is 0. The number of rotatable bonds is 5. The van der Waals surface area contributed by atoms with Crippen molar-refractivity contribution in [2.24, 2.45) is 11.0 Å². The molecule has 23 heavy (non-hydrogen) atoms. The van der Waals surface area contributed by atoms with E-state index in [4.69, 9.17) is 4.74 Å². The van der Waals surface area contributed by atoms with E-state index in [9.17, 15) is 4.79 Å². The Morgan fingerprint density at radius 1 is 1.13 bits per heavy atom. The van der Waals surface area contributed by atoms with E-state index < -0.39 is 0 Å². The van der Waals surface area contributed by atoms with Gasteiger partial charge in [-0.2, -0.15) is 5.10 Å². The second kappa shape index (κ2) is 7.92. The lowest BCUT2D eigenvalue weighted by atomic mass is 10.0. The first-order chi connectivity index (χ1) is 11.0. The van der Waals surface area contributed by atoms with Gasteiger partial charge in [0.05, 0.1) is 17.3 Å². The number of hydrogen-bond acceptors (Lipinski definition) is 3. The molecule has 0 bridgehead atoms. The molecule has 5 heteroatoms. The molecular formula is C18H19BrN2O2. The molecule has 0 atom stereocenters. The van der Waals surface area contributed by atoms with Crippen molar-refractivity contribution in [3.8, 4) is 5.75 Å². The van der Waals surface area contributed by atoms with E-state index in [0.29, 0.717) is 11.3 Å². The zero-order valence-corrected chi connectivity index (χ0v) is 14.9. The maximum atomic E-state index is 12.3. The predicted molar refractivity (Wildman–Crippen MR) is 96.0 cm³/mol. The second-order valence-corrected chi connectivity index (χ2v) is 6.16. The average molecular weight is 375 g/mol. The number of nitrogens with zero attached hydrogens (tertiary/aromatic N) is 1. The third-order valence-corrected chi connectivity index (χ3v) is 3.93. The first kappa shape index (κ1) is 17.2. The normalized spacial score (nSPS) is 11.4. The summed E-state index contributed by atoms with van der Waals surface area (Å²) in [6.45, 7) is 4.09. The number of nitrogens with one attached hydrogen (secondary N) is 1. The second-order valence-electron chi connectivity index (χ2n) is 5.31. The van der Waals surface area contributed by atoms with Gasteiger partial charge in [0.2, 0.25) is 0 Å². The van der Waals surface area contributed by atoms with Gasteiger partial charge in [-0.05, 0) is 45.6 Å². The highest BCUT2D eigenvalue weighted by atomic mass is 79.9. The molecule has 0 aliphatic rings. The highest BCUT2D eigenvalue weighted by Gasteiger charge is 2.11. The number of hydrogen-bond donors (Lipinski definition) is 1. The van der Waals surface area contributed by atoms with Crippen molar-refractivity contribution in [1.82, 2.24) is 5.43 Å². The monoisotopic (exact) mass is 374 g/mol. The Kier molecular flexibility index (Phi) is 5.93. The summed E-state index contributed by atoms with van der Waals surface area (Å²) >= 11 is 3.37. The molecule has 0 heterocycles. The Morgan fingerprint density at radius 2 is 1.83 bits per heavy atom. The van der Waals surface area contributed by atoms with Crippen LogP contribution in [0, 0.1) is 5.92 Å². The van der Waals surface area contributed by atoms with E-state index in [-0.39, 0.29) is 11.8 Å². The van der Waals surface area contributed by atoms with E-state index in [0.717, 1.165) is 15.7 Å². The number of amides is 1. The number of methoxy groups -OCH3 is 1. The zero-order valence-electron chi connectivity index (χ0n) is 13.3. The van der Waals surface area contributed by atoms with Gasteiger partial charge in [-0.3, -0.25) is 4.79 Å². The molecular weight excluding hydrogens is 356 g/mol. The molecule has 2 rings (SSSR count). The molecule has 120 valence electrons. The largest absolute Gasteiger partial charge is 0.496 e. The lowest BCUT2D eigenvalue weighted by Crippen LogP contribution is -2.22. The number of carbonyl (C=O) groups is 1. The summed E-state index contributed by atoms with van der Waals surface area (Å²) in [5.41, 5.74) is 4.98. The van der Waals surface area contributed by atoms with Crippen molar-refractivity contribution in [2.75, 3.05) is 7.11 Å². The smallest absolute Gasteiger partial charge is 0.271 e. The van der Waals surface area contributed by atoms with Crippen molar-refractivity contribution < 1.29 is 9.53 Å². The average Bonchev–Trinajstić information content (AvgIpc) is 2.55. The minimum absolute atomic E-state index is 0.195. The van der Waals surface area contributed by atoms with Crippen molar-refractivity contribution >= 4 is 27.5 Å². The van der Waals surface area contributed by atoms with Crippen LogP contribution in [0.15, 0.2) is 58.1 Å². The molecule has 2 aromatic rings. The fourth-order valence-electron chi connectivity index (χ4n) is 2.12. The molecule has 1 N–H and O–H groups in total. The molecule has 1 amide bonds. The first-order valence-electron chi connectivity index (χ1n) is 7.29. The quantitative estimate of drug-likeness (QED) is 0.628.